The minimum atomic E-state index is -2.48. The molecule has 3 N–H and O–H groups in total. The van der Waals surface area contributed by atoms with Gasteiger partial charge in [-0.15, -0.1) is 0 Å². The zero-order chi connectivity index (χ0) is 17.2. The second-order valence-electron chi connectivity index (χ2n) is 4.98. The molecule has 0 aliphatic carbocycles. The number of hydrogen-bond acceptors (Lipinski definition) is 4. The average molecular weight is 345 g/mol. The van der Waals surface area contributed by atoms with Gasteiger partial charge in [-0.2, -0.15) is 8.78 Å². The minimum absolute atomic E-state index is 0.0252. The molecule has 1 aromatic carbocycles. The zero-order valence-electron chi connectivity index (χ0n) is 12.9. The van der Waals surface area contributed by atoms with Gasteiger partial charge in [0, 0.05) is 10.6 Å². The topological polar surface area (TPSA) is 75.4 Å². The fraction of sp³-hybridized carbons (Fsp3) is 0.467. The molecule has 0 saturated heterocycles. The molecule has 0 aromatic heterocycles. The van der Waals surface area contributed by atoms with Crippen molar-refractivity contribution in [3.8, 4) is 0 Å². The third-order valence-electron chi connectivity index (χ3n) is 2.94. The van der Waals surface area contributed by atoms with E-state index >= 15 is 0 Å². The fourth-order valence-corrected chi connectivity index (χ4v) is 2.44. The maximum Gasteiger partial charge on any atom is 0.288 e. The first-order valence-corrected chi connectivity index (χ1v) is 8.14. The summed E-state index contributed by atoms with van der Waals surface area (Å²) in [5.74, 6) is -3.24. The molecule has 2 amide bonds. The minimum Gasteiger partial charge on any atom is -0.369 e. The first kappa shape index (κ1) is 19.4. The second kappa shape index (κ2) is 10.2. The van der Waals surface area contributed by atoms with Gasteiger partial charge in [0.05, 0.1) is 13.1 Å². The maximum absolute atomic E-state index is 12.2. The van der Waals surface area contributed by atoms with Crippen LogP contribution in [0.3, 0.4) is 0 Å². The van der Waals surface area contributed by atoms with Crippen molar-refractivity contribution in [1.82, 2.24) is 4.90 Å². The molecule has 0 bridgehead atoms. The number of anilines is 1. The predicted octanol–water partition coefficient (Wildman–Crippen LogP) is 2.53. The molecule has 128 valence electrons. The van der Waals surface area contributed by atoms with Gasteiger partial charge in [-0.3, -0.25) is 14.5 Å². The molecule has 5 nitrogen and oxygen atoms in total. The van der Waals surface area contributed by atoms with E-state index in [1.807, 2.05) is 6.92 Å². The molecular formula is C15H21F2N3O2S. The van der Waals surface area contributed by atoms with Crippen LogP contribution in [-0.4, -0.2) is 42.1 Å². The third-order valence-corrected chi connectivity index (χ3v) is 3.66. The highest BCUT2D eigenvalue weighted by Gasteiger charge is 2.13. The standard InChI is InChI=1S/C15H21F2N3O2S/c1-2-3-8-20(9-13(18)21)10-14(22)19-11-4-6-12(7-5-11)23-15(16)17/h4-7,15H,2-3,8-10H2,1H3,(H2,18,21)(H,19,22). The van der Waals surface area contributed by atoms with Crippen LogP contribution in [-0.2, 0) is 9.59 Å². The number of thioether (sulfide) groups is 1. The Hall–Kier alpha value is -1.67. The molecule has 0 saturated carbocycles. The Labute approximate surface area is 138 Å². The van der Waals surface area contributed by atoms with Crippen molar-refractivity contribution in [2.75, 3.05) is 25.0 Å². The molecular weight excluding hydrogens is 324 g/mol. The first-order chi connectivity index (χ1) is 10.9. The number of carbonyl (C=O) groups excluding carboxylic acids is 2. The highest BCUT2D eigenvalue weighted by atomic mass is 32.2. The molecule has 0 aliphatic heterocycles. The number of primary amides is 1. The molecule has 0 atom stereocenters. The quantitative estimate of drug-likeness (QED) is 0.639. The number of carbonyl (C=O) groups is 2. The molecule has 0 aliphatic rings. The van der Waals surface area contributed by atoms with Crippen molar-refractivity contribution < 1.29 is 18.4 Å². The van der Waals surface area contributed by atoms with E-state index in [2.05, 4.69) is 5.32 Å². The smallest absolute Gasteiger partial charge is 0.288 e. The van der Waals surface area contributed by atoms with Gasteiger partial charge in [-0.05, 0) is 37.2 Å². The van der Waals surface area contributed by atoms with Gasteiger partial charge >= 0.3 is 0 Å². The van der Waals surface area contributed by atoms with Crippen LogP contribution in [0.2, 0.25) is 0 Å². The molecule has 1 aromatic rings. The Bertz CT molecular complexity index is 512. The molecule has 0 unspecified atom stereocenters. The summed E-state index contributed by atoms with van der Waals surface area (Å²) in [5.41, 5.74) is 5.69. The number of nitrogens with two attached hydrogens (primary N) is 1. The number of amides is 2. The summed E-state index contributed by atoms with van der Waals surface area (Å²) < 4.78 is 24.5. The van der Waals surface area contributed by atoms with E-state index in [1.165, 1.54) is 12.1 Å². The Morgan fingerprint density at radius 2 is 1.91 bits per heavy atom. The van der Waals surface area contributed by atoms with E-state index < -0.39 is 11.7 Å². The lowest BCUT2D eigenvalue weighted by Gasteiger charge is -2.19. The van der Waals surface area contributed by atoms with Crippen LogP contribution in [0.1, 0.15) is 19.8 Å². The molecule has 0 fully saturated rings. The largest absolute Gasteiger partial charge is 0.369 e. The Kier molecular flexibility index (Phi) is 8.57. The highest BCUT2D eigenvalue weighted by molar-refractivity contribution is 7.99. The molecule has 0 spiro atoms. The summed E-state index contributed by atoms with van der Waals surface area (Å²) in [6.07, 6.45) is 1.81. The van der Waals surface area contributed by atoms with Crippen molar-refractivity contribution in [1.29, 1.82) is 0 Å². The number of nitrogens with zero attached hydrogens (tertiary/aromatic N) is 1. The summed E-state index contributed by atoms with van der Waals surface area (Å²) in [6.45, 7) is 2.70. The van der Waals surface area contributed by atoms with E-state index in [0.29, 0.717) is 28.9 Å². The molecule has 1 rings (SSSR count). The predicted molar refractivity (Wildman–Crippen MR) is 87.5 cm³/mol. The van der Waals surface area contributed by atoms with E-state index in [9.17, 15) is 18.4 Å². The third kappa shape index (κ3) is 8.51. The van der Waals surface area contributed by atoms with E-state index in [0.717, 1.165) is 12.8 Å². The zero-order valence-corrected chi connectivity index (χ0v) is 13.7. The van der Waals surface area contributed by atoms with Crippen LogP contribution in [0, 0.1) is 0 Å². The van der Waals surface area contributed by atoms with Gasteiger partial charge in [0.15, 0.2) is 0 Å². The lowest BCUT2D eigenvalue weighted by Crippen LogP contribution is -2.39. The normalized spacial score (nSPS) is 11.0. The highest BCUT2D eigenvalue weighted by Crippen LogP contribution is 2.26. The Balaban J connectivity index is 2.54. The SMILES string of the molecule is CCCCN(CC(N)=O)CC(=O)Nc1ccc(SC(F)F)cc1. The lowest BCUT2D eigenvalue weighted by molar-refractivity contribution is -0.121. The van der Waals surface area contributed by atoms with Crippen molar-refractivity contribution in [2.24, 2.45) is 5.73 Å². The van der Waals surface area contributed by atoms with E-state index in [-0.39, 0.29) is 19.0 Å². The van der Waals surface area contributed by atoms with Gasteiger partial charge < -0.3 is 11.1 Å². The van der Waals surface area contributed by atoms with Crippen LogP contribution in [0.5, 0.6) is 0 Å². The number of hydrogen-bond donors (Lipinski definition) is 2. The Morgan fingerprint density at radius 1 is 1.26 bits per heavy atom. The van der Waals surface area contributed by atoms with Crippen LogP contribution < -0.4 is 11.1 Å². The number of unbranched alkanes of at least 4 members (excludes halogenated alkanes) is 1. The van der Waals surface area contributed by atoms with Gasteiger partial charge in [-0.1, -0.05) is 25.1 Å². The van der Waals surface area contributed by atoms with Crippen LogP contribution >= 0.6 is 11.8 Å². The number of halogens is 2. The summed E-state index contributed by atoms with van der Waals surface area (Å²) >= 11 is 0.447. The van der Waals surface area contributed by atoms with Gasteiger partial charge in [0.2, 0.25) is 11.8 Å². The maximum atomic E-state index is 12.2. The molecule has 23 heavy (non-hydrogen) atoms. The number of nitrogens with one attached hydrogen (secondary N) is 1. The molecule has 8 heteroatoms. The van der Waals surface area contributed by atoms with Crippen molar-refractivity contribution >= 4 is 29.3 Å². The molecule has 0 heterocycles. The van der Waals surface area contributed by atoms with Crippen molar-refractivity contribution in [3.05, 3.63) is 24.3 Å². The number of alkyl halides is 2. The van der Waals surface area contributed by atoms with Crippen molar-refractivity contribution in [2.45, 2.75) is 30.4 Å². The lowest BCUT2D eigenvalue weighted by atomic mass is 10.3. The average Bonchev–Trinajstić information content (AvgIpc) is 2.45. The summed E-state index contributed by atoms with van der Waals surface area (Å²) in [4.78, 5) is 25.1. The van der Waals surface area contributed by atoms with Gasteiger partial charge in [0.25, 0.3) is 5.76 Å². The second-order valence-corrected chi connectivity index (χ2v) is 6.05. The fourth-order valence-electron chi connectivity index (χ4n) is 1.94. The summed E-state index contributed by atoms with van der Waals surface area (Å²) in [7, 11) is 0. The van der Waals surface area contributed by atoms with Crippen LogP contribution in [0.15, 0.2) is 29.2 Å². The monoisotopic (exact) mass is 345 g/mol. The summed E-state index contributed by atoms with van der Waals surface area (Å²) in [5, 5.41) is 2.67. The van der Waals surface area contributed by atoms with E-state index in [1.54, 1.807) is 17.0 Å². The van der Waals surface area contributed by atoms with Crippen LogP contribution in [0.4, 0.5) is 14.5 Å². The number of rotatable bonds is 10. The molecule has 0 radical (unpaired) electrons. The Morgan fingerprint density at radius 3 is 2.43 bits per heavy atom. The first-order valence-electron chi connectivity index (χ1n) is 7.26. The van der Waals surface area contributed by atoms with E-state index in [4.69, 9.17) is 5.73 Å². The summed E-state index contributed by atoms with van der Waals surface area (Å²) in [6, 6.07) is 6.16. The van der Waals surface area contributed by atoms with Crippen LogP contribution in [0.25, 0.3) is 0 Å². The van der Waals surface area contributed by atoms with Crippen molar-refractivity contribution in [3.63, 3.8) is 0 Å². The van der Waals surface area contributed by atoms with Gasteiger partial charge in [0.1, 0.15) is 0 Å². The van der Waals surface area contributed by atoms with Gasteiger partial charge in [-0.25, -0.2) is 0 Å². The number of benzene rings is 1.